The van der Waals surface area contributed by atoms with Gasteiger partial charge in [0.25, 0.3) is 5.91 Å². The average Bonchev–Trinajstić information content (AvgIpc) is 3.10. The van der Waals surface area contributed by atoms with Crippen LogP contribution in [0.4, 0.5) is 13.2 Å². The summed E-state index contributed by atoms with van der Waals surface area (Å²) in [5.41, 5.74) is 1.05. The van der Waals surface area contributed by atoms with Crippen LogP contribution in [0.15, 0.2) is 30.5 Å². The Bertz CT molecular complexity index is 1080. The van der Waals surface area contributed by atoms with Crippen molar-refractivity contribution in [3.63, 3.8) is 0 Å². The molecule has 1 amide bonds. The maximum Gasteiger partial charge on any atom is 0.433 e. The predicted octanol–water partition coefficient (Wildman–Crippen LogP) is 4.13. The zero-order valence-electron chi connectivity index (χ0n) is 16.1. The van der Waals surface area contributed by atoms with Crippen LogP contribution in [0, 0.1) is 13.8 Å². The van der Waals surface area contributed by atoms with Crippen LogP contribution in [0.3, 0.4) is 0 Å². The van der Waals surface area contributed by atoms with Gasteiger partial charge in [0.2, 0.25) is 0 Å². The highest BCUT2D eigenvalue weighted by Crippen LogP contribution is 2.34. The number of hydrogen-bond donors (Lipinski definition) is 0. The molecule has 4 rings (SSSR count). The smallest absolute Gasteiger partial charge is 0.330 e. The fourth-order valence-corrected chi connectivity index (χ4v) is 3.83. The van der Waals surface area contributed by atoms with Gasteiger partial charge in [0.15, 0.2) is 5.65 Å². The SMILES string of the molecule is Cc1cc(C(F)(F)F)n2nc(C3CCCCN3C(=O)c3cccnc3C)cc2n1. The van der Waals surface area contributed by atoms with Gasteiger partial charge in [-0.25, -0.2) is 9.50 Å². The molecule has 1 aliphatic heterocycles. The van der Waals surface area contributed by atoms with Crippen LogP contribution in [-0.4, -0.2) is 36.9 Å². The number of aromatic nitrogens is 4. The monoisotopic (exact) mass is 403 g/mol. The summed E-state index contributed by atoms with van der Waals surface area (Å²) in [6, 6.07) is 5.54. The van der Waals surface area contributed by atoms with E-state index < -0.39 is 17.9 Å². The Morgan fingerprint density at radius 1 is 1.21 bits per heavy atom. The first-order valence-electron chi connectivity index (χ1n) is 9.43. The average molecular weight is 403 g/mol. The lowest BCUT2D eigenvalue weighted by molar-refractivity contribution is -0.142. The van der Waals surface area contributed by atoms with Gasteiger partial charge in [-0.3, -0.25) is 9.78 Å². The molecule has 0 radical (unpaired) electrons. The molecule has 0 spiro atoms. The number of carbonyl (C=O) groups is 1. The minimum absolute atomic E-state index is 0.128. The Kier molecular flexibility index (Phi) is 4.76. The molecule has 0 aliphatic carbocycles. The number of amides is 1. The molecule has 1 fully saturated rings. The van der Waals surface area contributed by atoms with E-state index in [0.29, 0.717) is 29.9 Å². The maximum absolute atomic E-state index is 13.5. The third kappa shape index (κ3) is 3.56. The zero-order valence-corrected chi connectivity index (χ0v) is 16.1. The second-order valence-corrected chi connectivity index (χ2v) is 7.27. The number of fused-ring (bicyclic) bond motifs is 1. The van der Waals surface area contributed by atoms with Crippen molar-refractivity contribution in [2.75, 3.05) is 6.54 Å². The highest BCUT2D eigenvalue weighted by molar-refractivity contribution is 5.95. The largest absolute Gasteiger partial charge is 0.433 e. The number of nitrogens with zero attached hydrogens (tertiary/aromatic N) is 5. The first-order chi connectivity index (χ1) is 13.8. The second kappa shape index (κ2) is 7.13. The van der Waals surface area contributed by atoms with E-state index in [1.807, 2.05) is 0 Å². The predicted molar refractivity (Wildman–Crippen MR) is 99.3 cm³/mol. The molecule has 3 aromatic heterocycles. The molecule has 6 nitrogen and oxygen atoms in total. The van der Waals surface area contributed by atoms with E-state index >= 15 is 0 Å². The molecule has 1 aliphatic rings. The van der Waals surface area contributed by atoms with Crippen molar-refractivity contribution in [2.45, 2.75) is 45.3 Å². The highest BCUT2D eigenvalue weighted by atomic mass is 19.4. The first kappa shape index (κ1) is 19.4. The third-order valence-electron chi connectivity index (χ3n) is 5.21. The quantitative estimate of drug-likeness (QED) is 0.646. The number of pyridine rings is 1. The molecular formula is C20H20F3N5O. The molecule has 1 saturated heterocycles. The van der Waals surface area contributed by atoms with Crippen molar-refractivity contribution in [3.8, 4) is 0 Å². The zero-order chi connectivity index (χ0) is 20.8. The van der Waals surface area contributed by atoms with Crippen LogP contribution >= 0.6 is 0 Å². The fourth-order valence-electron chi connectivity index (χ4n) is 3.83. The molecule has 1 atom stereocenters. The van der Waals surface area contributed by atoms with Gasteiger partial charge in [-0.05, 0) is 51.3 Å². The summed E-state index contributed by atoms with van der Waals surface area (Å²) in [7, 11) is 0. The number of piperidine rings is 1. The van der Waals surface area contributed by atoms with Gasteiger partial charge >= 0.3 is 6.18 Å². The summed E-state index contributed by atoms with van der Waals surface area (Å²) in [6.45, 7) is 3.80. The summed E-state index contributed by atoms with van der Waals surface area (Å²) in [4.78, 5) is 23.2. The van der Waals surface area contributed by atoms with E-state index in [-0.39, 0.29) is 17.2 Å². The molecule has 0 bridgehead atoms. The number of alkyl halides is 3. The maximum atomic E-state index is 13.5. The van der Waals surface area contributed by atoms with Crippen molar-refractivity contribution in [3.05, 3.63) is 58.8 Å². The van der Waals surface area contributed by atoms with E-state index in [9.17, 15) is 18.0 Å². The van der Waals surface area contributed by atoms with E-state index in [4.69, 9.17) is 0 Å². The lowest BCUT2D eigenvalue weighted by Crippen LogP contribution is -2.39. The number of halogens is 3. The van der Waals surface area contributed by atoms with Gasteiger partial charge in [-0.1, -0.05) is 0 Å². The summed E-state index contributed by atoms with van der Waals surface area (Å²) in [5.74, 6) is -0.183. The van der Waals surface area contributed by atoms with Gasteiger partial charge in [0.1, 0.15) is 5.69 Å². The number of hydrogen-bond acceptors (Lipinski definition) is 4. The molecule has 0 aromatic carbocycles. The van der Waals surface area contributed by atoms with Crippen molar-refractivity contribution in [1.29, 1.82) is 0 Å². The standard InChI is InChI=1S/C20H20F3N5O/c1-12-10-17(20(21,22)23)28-18(25-12)11-15(26-28)16-7-3-4-9-27(16)19(29)14-6-5-8-24-13(14)2/h5-6,8,10-11,16H,3-4,7,9H2,1-2H3. The Hall–Kier alpha value is -2.97. The first-order valence-corrected chi connectivity index (χ1v) is 9.43. The van der Waals surface area contributed by atoms with E-state index in [1.165, 1.54) is 6.92 Å². The topological polar surface area (TPSA) is 63.4 Å². The van der Waals surface area contributed by atoms with Crippen molar-refractivity contribution in [1.82, 2.24) is 24.5 Å². The Morgan fingerprint density at radius 2 is 2.00 bits per heavy atom. The van der Waals surface area contributed by atoms with E-state index in [1.54, 1.807) is 36.2 Å². The molecule has 0 saturated carbocycles. The summed E-state index contributed by atoms with van der Waals surface area (Å²) >= 11 is 0. The van der Waals surface area contributed by atoms with Crippen molar-refractivity contribution in [2.24, 2.45) is 0 Å². The Morgan fingerprint density at radius 3 is 2.72 bits per heavy atom. The van der Waals surface area contributed by atoms with Gasteiger partial charge < -0.3 is 4.90 Å². The number of rotatable bonds is 2. The molecule has 29 heavy (non-hydrogen) atoms. The molecule has 152 valence electrons. The Labute approximate surface area is 165 Å². The van der Waals surface area contributed by atoms with Gasteiger partial charge in [0, 0.05) is 30.2 Å². The molecule has 9 heteroatoms. The van der Waals surface area contributed by atoms with E-state index in [0.717, 1.165) is 23.4 Å². The number of carbonyl (C=O) groups excluding carboxylic acids is 1. The van der Waals surface area contributed by atoms with Crippen LogP contribution in [-0.2, 0) is 6.18 Å². The second-order valence-electron chi connectivity index (χ2n) is 7.27. The van der Waals surface area contributed by atoms with Crippen LogP contribution in [0.1, 0.15) is 58.4 Å². The van der Waals surface area contributed by atoms with Crippen LogP contribution in [0.25, 0.3) is 5.65 Å². The fraction of sp³-hybridized carbons (Fsp3) is 0.400. The molecular weight excluding hydrogens is 383 g/mol. The van der Waals surface area contributed by atoms with Crippen LogP contribution < -0.4 is 0 Å². The summed E-state index contributed by atoms with van der Waals surface area (Å²) < 4.78 is 41.2. The minimum Gasteiger partial charge on any atom is -0.330 e. The molecule has 0 N–H and O–H groups in total. The van der Waals surface area contributed by atoms with Gasteiger partial charge in [0.05, 0.1) is 17.3 Å². The molecule has 4 heterocycles. The van der Waals surface area contributed by atoms with Gasteiger partial charge in [-0.2, -0.15) is 18.3 Å². The number of aryl methyl sites for hydroxylation is 2. The van der Waals surface area contributed by atoms with Gasteiger partial charge in [-0.15, -0.1) is 0 Å². The van der Waals surface area contributed by atoms with Crippen LogP contribution in [0.2, 0.25) is 0 Å². The summed E-state index contributed by atoms with van der Waals surface area (Å²) in [5, 5.41) is 4.22. The normalized spacial score (nSPS) is 17.7. The van der Waals surface area contributed by atoms with Crippen LogP contribution in [0.5, 0.6) is 0 Å². The molecule has 1 unspecified atom stereocenters. The highest BCUT2D eigenvalue weighted by Gasteiger charge is 2.36. The number of likely N-dealkylation sites (tertiary alicyclic amines) is 1. The minimum atomic E-state index is -4.55. The van der Waals surface area contributed by atoms with Crippen molar-refractivity contribution >= 4 is 11.6 Å². The lowest BCUT2D eigenvalue weighted by Gasteiger charge is -2.35. The summed E-state index contributed by atoms with van der Waals surface area (Å²) in [6.07, 6.45) is -0.596. The third-order valence-corrected chi connectivity index (χ3v) is 5.21. The molecule has 3 aromatic rings. The van der Waals surface area contributed by atoms with Crippen molar-refractivity contribution < 1.29 is 18.0 Å². The van der Waals surface area contributed by atoms with E-state index in [2.05, 4.69) is 15.1 Å². The Balaban J connectivity index is 1.77. The lowest BCUT2D eigenvalue weighted by atomic mass is 9.98.